The van der Waals surface area contributed by atoms with Crippen LogP contribution in [0.3, 0.4) is 0 Å². The van der Waals surface area contributed by atoms with Crippen molar-refractivity contribution in [2.75, 3.05) is 13.1 Å². The Morgan fingerprint density at radius 1 is 1.11 bits per heavy atom. The molecule has 2 nitrogen and oxygen atoms in total. The Morgan fingerprint density at radius 3 is 2.67 bits per heavy atom. The van der Waals surface area contributed by atoms with Gasteiger partial charge in [0.2, 0.25) is 0 Å². The zero-order valence-corrected chi connectivity index (χ0v) is 9.85. The number of aromatic amines is 1. The lowest BCUT2D eigenvalue weighted by molar-refractivity contribution is -0.133. The Morgan fingerprint density at radius 2 is 1.89 bits per heavy atom. The monoisotopic (exact) mass is 256 g/mol. The van der Waals surface area contributed by atoms with Crippen molar-refractivity contribution in [2.45, 2.75) is 19.0 Å². The van der Waals surface area contributed by atoms with Crippen LogP contribution >= 0.6 is 0 Å². The standard InChI is InChI=1S/C13H15F3N2/c14-13(15,16)6-8-17-7-5-10-9-18-12-4-2-1-3-11(10)12/h1-4,9,17-18H,5-8H2. The summed E-state index contributed by atoms with van der Waals surface area (Å²) in [6, 6.07) is 7.90. The van der Waals surface area contributed by atoms with E-state index in [1.807, 2.05) is 30.5 Å². The zero-order chi connectivity index (χ0) is 13.0. The fourth-order valence-electron chi connectivity index (χ4n) is 1.92. The molecule has 0 saturated carbocycles. The van der Waals surface area contributed by atoms with E-state index in [0.717, 1.165) is 22.9 Å². The predicted molar refractivity (Wildman–Crippen MR) is 65.5 cm³/mol. The quantitative estimate of drug-likeness (QED) is 0.790. The maximum atomic E-state index is 11.9. The number of fused-ring (bicyclic) bond motifs is 1. The van der Waals surface area contributed by atoms with E-state index in [2.05, 4.69) is 10.3 Å². The maximum Gasteiger partial charge on any atom is 0.390 e. The van der Waals surface area contributed by atoms with Crippen molar-refractivity contribution in [3.63, 3.8) is 0 Å². The van der Waals surface area contributed by atoms with E-state index >= 15 is 0 Å². The normalized spacial score (nSPS) is 12.2. The second-order valence-corrected chi connectivity index (χ2v) is 4.22. The van der Waals surface area contributed by atoms with Gasteiger partial charge in [0.15, 0.2) is 0 Å². The first kappa shape index (κ1) is 13.0. The smallest absolute Gasteiger partial charge is 0.361 e. The molecule has 0 aliphatic rings. The lowest BCUT2D eigenvalue weighted by Crippen LogP contribution is -2.23. The van der Waals surface area contributed by atoms with Gasteiger partial charge in [-0.3, -0.25) is 0 Å². The van der Waals surface area contributed by atoms with Crippen LogP contribution in [0, 0.1) is 0 Å². The third-order valence-corrected chi connectivity index (χ3v) is 2.83. The van der Waals surface area contributed by atoms with Crippen LogP contribution in [-0.2, 0) is 6.42 Å². The van der Waals surface area contributed by atoms with Crippen molar-refractivity contribution in [1.29, 1.82) is 0 Å². The molecule has 1 aromatic carbocycles. The van der Waals surface area contributed by atoms with Crippen molar-refractivity contribution >= 4 is 10.9 Å². The Bertz CT molecular complexity index is 502. The van der Waals surface area contributed by atoms with Crippen molar-refractivity contribution < 1.29 is 13.2 Å². The number of nitrogens with one attached hydrogen (secondary N) is 2. The summed E-state index contributed by atoms with van der Waals surface area (Å²) in [7, 11) is 0. The van der Waals surface area contributed by atoms with E-state index in [4.69, 9.17) is 0 Å². The molecule has 98 valence electrons. The molecular weight excluding hydrogens is 241 g/mol. The van der Waals surface area contributed by atoms with Gasteiger partial charge in [-0.25, -0.2) is 0 Å². The second kappa shape index (κ2) is 5.44. The largest absolute Gasteiger partial charge is 0.390 e. The third kappa shape index (κ3) is 3.50. The number of rotatable bonds is 5. The van der Waals surface area contributed by atoms with Crippen molar-refractivity contribution in [3.05, 3.63) is 36.0 Å². The maximum absolute atomic E-state index is 11.9. The number of para-hydroxylation sites is 1. The molecule has 2 aromatic rings. The van der Waals surface area contributed by atoms with E-state index in [1.165, 1.54) is 0 Å². The number of benzene rings is 1. The van der Waals surface area contributed by atoms with Gasteiger partial charge in [0.1, 0.15) is 0 Å². The van der Waals surface area contributed by atoms with Crippen LogP contribution in [0.15, 0.2) is 30.5 Å². The van der Waals surface area contributed by atoms with Gasteiger partial charge in [0.25, 0.3) is 0 Å². The molecule has 0 aliphatic carbocycles. The van der Waals surface area contributed by atoms with Crippen molar-refractivity contribution in [1.82, 2.24) is 10.3 Å². The van der Waals surface area contributed by atoms with Crippen LogP contribution in [0.2, 0.25) is 0 Å². The molecule has 18 heavy (non-hydrogen) atoms. The van der Waals surface area contributed by atoms with Crippen LogP contribution in [0.5, 0.6) is 0 Å². The van der Waals surface area contributed by atoms with Gasteiger partial charge in [-0.05, 0) is 24.6 Å². The SMILES string of the molecule is FC(F)(F)CCNCCc1c[nH]c2ccccc12. The Labute approximate surface area is 103 Å². The molecule has 0 radical (unpaired) electrons. The molecule has 0 saturated heterocycles. The van der Waals surface area contributed by atoms with Crippen molar-refractivity contribution in [3.8, 4) is 0 Å². The minimum absolute atomic E-state index is 0.0220. The van der Waals surface area contributed by atoms with Gasteiger partial charge in [-0.15, -0.1) is 0 Å². The lowest BCUT2D eigenvalue weighted by Gasteiger charge is -2.07. The van der Waals surface area contributed by atoms with Crippen molar-refractivity contribution in [2.24, 2.45) is 0 Å². The summed E-state index contributed by atoms with van der Waals surface area (Å²) in [5, 5.41) is 3.95. The number of alkyl halides is 3. The summed E-state index contributed by atoms with van der Waals surface area (Å²) in [6.07, 6.45) is -2.22. The molecule has 0 fully saturated rings. The summed E-state index contributed by atoms with van der Waals surface area (Å²) < 4.78 is 35.8. The first-order valence-corrected chi connectivity index (χ1v) is 5.89. The number of hydrogen-bond donors (Lipinski definition) is 2. The van der Waals surface area contributed by atoms with E-state index in [1.54, 1.807) is 0 Å². The predicted octanol–water partition coefficient (Wildman–Crippen LogP) is 3.25. The van der Waals surface area contributed by atoms with E-state index < -0.39 is 12.6 Å². The summed E-state index contributed by atoms with van der Waals surface area (Å²) >= 11 is 0. The minimum Gasteiger partial charge on any atom is -0.361 e. The molecule has 0 unspecified atom stereocenters. The topological polar surface area (TPSA) is 27.8 Å². The molecule has 0 bridgehead atoms. The summed E-state index contributed by atoms with van der Waals surface area (Å²) in [4.78, 5) is 3.15. The Hall–Kier alpha value is -1.49. The average molecular weight is 256 g/mol. The average Bonchev–Trinajstić information content (AvgIpc) is 2.71. The van der Waals surface area contributed by atoms with Crippen LogP contribution in [0.25, 0.3) is 10.9 Å². The second-order valence-electron chi connectivity index (χ2n) is 4.22. The molecule has 5 heteroatoms. The highest BCUT2D eigenvalue weighted by molar-refractivity contribution is 5.83. The first-order chi connectivity index (χ1) is 8.56. The van der Waals surface area contributed by atoms with Crippen LogP contribution in [-0.4, -0.2) is 24.2 Å². The minimum atomic E-state index is -4.08. The van der Waals surface area contributed by atoms with Gasteiger partial charge in [-0.2, -0.15) is 13.2 Å². The fourth-order valence-corrected chi connectivity index (χ4v) is 1.92. The van der Waals surface area contributed by atoms with Gasteiger partial charge in [0.05, 0.1) is 6.42 Å². The third-order valence-electron chi connectivity index (χ3n) is 2.83. The molecule has 0 aliphatic heterocycles. The summed E-state index contributed by atoms with van der Waals surface area (Å²) in [5.41, 5.74) is 2.19. The molecule has 2 N–H and O–H groups in total. The van der Waals surface area contributed by atoms with E-state index in [-0.39, 0.29) is 6.54 Å². The highest BCUT2D eigenvalue weighted by atomic mass is 19.4. The van der Waals surface area contributed by atoms with E-state index in [9.17, 15) is 13.2 Å². The zero-order valence-electron chi connectivity index (χ0n) is 9.85. The first-order valence-electron chi connectivity index (χ1n) is 5.89. The molecule has 0 spiro atoms. The van der Waals surface area contributed by atoms with Crippen LogP contribution < -0.4 is 5.32 Å². The molecular formula is C13H15F3N2. The molecule has 1 aromatic heterocycles. The van der Waals surface area contributed by atoms with Gasteiger partial charge in [0, 0.05) is 23.6 Å². The van der Waals surface area contributed by atoms with Gasteiger partial charge in [-0.1, -0.05) is 18.2 Å². The summed E-state index contributed by atoms with van der Waals surface area (Å²) in [6.45, 7) is 0.532. The Kier molecular flexibility index (Phi) is 3.91. The number of halogens is 3. The van der Waals surface area contributed by atoms with Crippen LogP contribution in [0.1, 0.15) is 12.0 Å². The molecule has 0 amide bonds. The Balaban J connectivity index is 1.80. The molecule has 0 atom stereocenters. The molecule has 1 heterocycles. The fraction of sp³-hybridized carbons (Fsp3) is 0.385. The van der Waals surface area contributed by atoms with E-state index in [0.29, 0.717) is 6.54 Å². The highest BCUT2D eigenvalue weighted by Crippen LogP contribution is 2.19. The number of H-pyrrole nitrogens is 1. The molecule has 2 rings (SSSR count). The highest BCUT2D eigenvalue weighted by Gasteiger charge is 2.25. The summed E-state index contributed by atoms with van der Waals surface area (Å²) in [5.74, 6) is 0. The van der Waals surface area contributed by atoms with Crippen LogP contribution in [0.4, 0.5) is 13.2 Å². The van der Waals surface area contributed by atoms with Gasteiger partial charge >= 0.3 is 6.18 Å². The van der Waals surface area contributed by atoms with Gasteiger partial charge < -0.3 is 10.3 Å². The number of aromatic nitrogens is 1. The number of hydrogen-bond acceptors (Lipinski definition) is 1. The lowest BCUT2D eigenvalue weighted by atomic mass is 10.1.